The van der Waals surface area contributed by atoms with Crippen molar-refractivity contribution < 1.29 is 8.83 Å². The maximum Gasteiger partial charge on any atom is 0.143 e. The smallest absolute Gasteiger partial charge is 0.143 e. The Morgan fingerprint density at radius 1 is 0.156 bits per heavy atom. The highest BCUT2D eigenvalue weighted by molar-refractivity contribution is 6.32. The summed E-state index contributed by atoms with van der Waals surface area (Å²) in [5.41, 5.74) is 15.8. The minimum Gasteiger partial charge on any atom is -0.455 e. The second-order valence-electron chi connectivity index (χ2n) is 26.4. The van der Waals surface area contributed by atoms with Gasteiger partial charge < -0.3 is 8.83 Å². The van der Waals surface area contributed by atoms with Crippen LogP contribution >= 0.6 is 0 Å². The van der Waals surface area contributed by atoms with Crippen molar-refractivity contribution in [3.8, 4) is 55.6 Å². The van der Waals surface area contributed by atoms with Crippen LogP contribution in [0, 0.1) is 0 Å². The van der Waals surface area contributed by atoms with Gasteiger partial charge in [-0.1, -0.05) is 255 Å². The summed E-state index contributed by atoms with van der Waals surface area (Å²) in [6, 6.07) is 118. The standard InChI is InChI=1S/C94H52O2/c1-3-17-63-53(15-1)31-43-79-83-51-60(37-45-85(83)95-93(63)79)89-71-23-9-7-21-69(71)88(70-22-8-10-24-72(70)89)59-35-40-67-65-19-5-6-20-66(65)81-49-56(34-39-68(81)82(67)50-59)62-47-57-30-29-55-33-41-78(77-42-36-58(48-62)87(57)91(55)77)92-75-27-13-11-25-73(75)90(74-26-12-14-28-76(74)92)61-38-46-86-84(52-61)80-44-32-54-16-2-4-18-64(54)94(80)96-86/h1-52H. The maximum atomic E-state index is 6.63. The molecule has 0 N–H and O–H groups in total. The fourth-order valence-electron chi connectivity index (χ4n) is 17.3. The molecule has 0 fully saturated rings. The third kappa shape index (κ3) is 7.25. The molecular formula is C94H52O2. The summed E-state index contributed by atoms with van der Waals surface area (Å²) in [5, 5.41) is 34.1. The van der Waals surface area contributed by atoms with E-state index < -0.39 is 0 Å². The van der Waals surface area contributed by atoms with E-state index >= 15 is 0 Å². The molecule has 22 rings (SSSR count). The largest absolute Gasteiger partial charge is 0.455 e. The first-order valence-electron chi connectivity index (χ1n) is 33.3. The average molecular weight is 1210 g/mol. The van der Waals surface area contributed by atoms with Crippen LogP contribution in [0.25, 0.3) is 229 Å². The monoisotopic (exact) mass is 1210 g/mol. The van der Waals surface area contributed by atoms with Gasteiger partial charge in [0, 0.05) is 32.3 Å². The Morgan fingerprint density at radius 3 is 0.979 bits per heavy atom. The normalized spacial score (nSPS) is 12.4. The maximum absolute atomic E-state index is 6.63. The lowest BCUT2D eigenvalue weighted by Gasteiger charge is -2.20. The SMILES string of the molecule is c1ccc2c(c1)ccc1c3cc(-c4c5ccccc5c(-c5ccc6c7ccccc7c7cc(-c8cc9ccc%10ccc(-c%11c%12ccccc%12c(-c%12ccc%13oc%14c%15ccccc%15ccc%14c%13c%12)c%12ccccc%11%12)c%11ccc(c8)c9c%10%11)ccc7c6c5)c5ccccc45)ccc3oc21. The lowest BCUT2D eigenvalue weighted by molar-refractivity contribution is 0.672. The molecule has 0 unspecified atom stereocenters. The van der Waals surface area contributed by atoms with Crippen LogP contribution in [0.15, 0.2) is 324 Å². The zero-order valence-corrected chi connectivity index (χ0v) is 51.8. The van der Waals surface area contributed by atoms with E-state index in [4.69, 9.17) is 8.83 Å². The molecule has 20 aromatic carbocycles. The third-order valence-corrected chi connectivity index (χ3v) is 21.5. The summed E-state index contributed by atoms with van der Waals surface area (Å²) in [6.45, 7) is 0. The first kappa shape index (κ1) is 51.9. The summed E-state index contributed by atoms with van der Waals surface area (Å²) in [6.07, 6.45) is 0. The predicted octanol–water partition coefficient (Wildman–Crippen LogP) is 27.1. The van der Waals surface area contributed by atoms with Crippen molar-refractivity contribution in [3.05, 3.63) is 315 Å². The Hall–Kier alpha value is -12.6. The second kappa shape index (κ2) is 19.5. The quantitative estimate of drug-likeness (QED) is 0.127. The van der Waals surface area contributed by atoms with Gasteiger partial charge in [0.2, 0.25) is 0 Å². The van der Waals surface area contributed by atoms with Gasteiger partial charge in [-0.05, 0) is 235 Å². The van der Waals surface area contributed by atoms with E-state index in [1.807, 2.05) is 0 Å². The fraction of sp³-hybridized carbons (Fsp3) is 0. The van der Waals surface area contributed by atoms with Crippen molar-refractivity contribution in [1.82, 2.24) is 0 Å². The Labute approximate surface area is 549 Å². The number of furan rings is 2. The van der Waals surface area contributed by atoms with Crippen molar-refractivity contribution in [3.63, 3.8) is 0 Å². The molecule has 0 aliphatic carbocycles. The highest BCUT2D eigenvalue weighted by Crippen LogP contribution is 2.51. The number of fused-ring (bicyclic) bond motifs is 20. The summed E-state index contributed by atoms with van der Waals surface area (Å²) in [7, 11) is 0. The predicted molar refractivity (Wildman–Crippen MR) is 409 cm³/mol. The van der Waals surface area contributed by atoms with Crippen LogP contribution in [0.3, 0.4) is 0 Å². The summed E-state index contributed by atoms with van der Waals surface area (Å²) >= 11 is 0. The van der Waals surface area contributed by atoms with Crippen LogP contribution in [0.1, 0.15) is 0 Å². The van der Waals surface area contributed by atoms with E-state index in [2.05, 4.69) is 315 Å². The van der Waals surface area contributed by atoms with Crippen LogP contribution in [0.4, 0.5) is 0 Å². The molecule has 0 bridgehead atoms. The minimum absolute atomic E-state index is 0.899. The topological polar surface area (TPSA) is 26.3 Å². The van der Waals surface area contributed by atoms with E-state index in [0.717, 1.165) is 54.6 Å². The molecule has 2 aromatic heterocycles. The van der Waals surface area contributed by atoms with Gasteiger partial charge in [0.1, 0.15) is 22.3 Å². The highest BCUT2D eigenvalue weighted by atomic mass is 16.3. The van der Waals surface area contributed by atoms with Gasteiger partial charge in [0.15, 0.2) is 0 Å². The molecule has 22 aromatic rings. The van der Waals surface area contributed by atoms with Gasteiger partial charge in [-0.2, -0.15) is 0 Å². The van der Waals surface area contributed by atoms with Crippen LogP contribution in [-0.2, 0) is 0 Å². The van der Waals surface area contributed by atoms with E-state index in [1.165, 1.54) is 174 Å². The Bertz CT molecular complexity index is 7070. The zero-order valence-electron chi connectivity index (χ0n) is 51.8. The zero-order chi connectivity index (χ0) is 62.4. The van der Waals surface area contributed by atoms with Crippen molar-refractivity contribution in [1.29, 1.82) is 0 Å². The minimum atomic E-state index is 0.899. The summed E-state index contributed by atoms with van der Waals surface area (Å²) in [5.74, 6) is 0. The average Bonchev–Trinajstić information content (AvgIpc) is 0.995. The van der Waals surface area contributed by atoms with Crippen molar-refractivity contribution in [2.75, 3.05) is 0 Å². The van der Waals surface area contributed by atoms with Crippen LogP contribution in [-0.4, -0.2) is 0 Å². The Balaban J connectivity index is 0.679. The van der Waals surface area contributed by atoms with Crippen LogP contribution < -0.4 is 0 Å². The molecular weight excluding hydrogens is 1160 g/mol. The van der Waals surface area contributed by atoms with E-state index in [9.17, 15) is 0 Å². The van der Waals surface area contributed by atoms with E-state index in [0.29, 0.717) is 0 Å². The Kier molecular flexibility index (Phi) is 10.5. The van der Waals surface area contributed by atoms with Crippen molar-refractivity contribution >= 4 is 173 Å². The van der Waals surface area contributed by atoms with Crippen LogP contribution in [0.2, 0.25) is 0 Å². The van der Waals surface area contributed by atoms with Gasteiger partial charge >= 0.3 is 0 Å². The number of benzene rings is 20. The van der Waals surface area contributed by atoms with Crippen molar-refractivity contribution in [2.45, 2.75) is 0 Å². The van der Waals surface area contributed by atoms with Gasteiger partial charge in [-0.25, -0.2) is 0 Å². The molecule has 0 amide bonds. The molecule has 0 saturated carbocycles. The number of hydrogen-bond donors (Lipinski definition) is 0. The molecule has 0 aliphatic heterocycles. The van der Waals surface area contributed by atoms with E-state index in [1.54, 1.807) is 0 Å². The molecule has 0 aliphatic rings. The lowest BCUT2D eigenvalue weighted by atomic mass is 9.83. The number of rotatable bonds is 5. The first-order chi connectivity index (χ1) is 47.6. The molecule has 2 heterocycles. The Morgan fingerprint density at radius 2 is 0.479 bits per heavy atom. The molecule has 0 radical (unpaired) electrons. The third-order valence-electron chi connectivity index (χ3n) is 21.5. The number of hydrogen-bond acceptors (Lipinski definition) is 2. The molecule has 96 heavy (non-hydrogen) atoms. The van der Waals surface area contributed by atoms with Crippen LogP contribution in [0.5, 0.6) is 0 Å². The summed E-state index contributed by atoms with van der Waals surface area (Å²) in [4.78, 5) is 0. The van der Waals surface area contributed by atoms with Crippen molar-refractivity contribution in [2.24, 2.45) is 0 Å². The van der Waals surface area contributed by atoms with E-state index in [-0.39, 0.29) is 0 Å². The molecule has 440 valence electrons. The van der Waals surface area contributed by atoms with Gasteiger partial charge in [-0.15, -0.1) is 0 Å². The fourth-order valence-corrected chi connectivity index (χ4v) is 17.3. The molecule has 0 saturated heterocycles. The lowest BCUT2D eigenvalue weighted by Crippen LogP contribution is -1.93. The van der Waals surface area contributed by atoms with Gasteiger partial charge in [0.25, 0.3) is 0 Å². The second-order valence-corrected chi connectivity index (χ2v) is 26.4. The first-order valence-corrected chi connectivity index (χ1v) is 33.3. The molecule has 0 atom stereocenters. The molecule has 2 nitrogen and oxygen atoms in total. The summed E-state index contributed by atoms with van der Waals surface area (Å²) < 4.78 is 13.3. The van der Waals surface area contributed by atoms with Gasteiger partial charge in [-0.3, -0.25) is 0 Å². The highest BCUT2D eigenvalue weighted by Gasteiger charge is 2.24. The van der Waals surface area contributed by atoms with Gasteiger partial charge in [0.05, 0.1) is 0 Å². The molecule has 0 spiro atoms. The molecule has 2 heteroatoms.